The van der Waals surface area contributed by atoms with Gasteiger partial charge in [-0.05, 0) is 0 Å². The third-order valence-electron chi connectivity index (χ3n) is 2.65. The van der Waals surface area contributed by atoms with Crippen molar-refractivity contribution in [3.05, 3.63) is 0 Å². The molecule has 0 saturated carbocycles. The smallest absolute Gasteiger partial charge is 0.437 e. The zero-order chi connectivity index (χ0) is 18.3. The lowest BCUT2D eigenvalue weighted by atomic mass is 10.0. The number of aliphatic hydroxyl groups is 3. The Bertz CT molecular complexity index is 351. The molecule has 0 radical (unpaired) electrons. The normalized spacial score (nSPS) is 13.5. The summed E-state index contributed by atoms with van der Waals surface area (Å²) < 4.78 is 82.5. The van der Waals surface area contributed by atoms with Crippen LogP contribution >= 0.6 is 0 Å². The fourth-order valence-corrected chi connectivity index (χ4v) is 1.24. The summed E-state index contributed by atoms with van der Waals surface area (Å²) in [5.74, 6) is -3.46. The molecule has 138 valence electrons. The van der Waals surface area contributed by atoms with Crippen molar-refractivity contribution in [2.24, 2.45) is 5.92 Å². The fraction of sp³-hybridized carbons (Fsp3) is 0.909. The molecular formula is C11H16F6O6. The quantitative estimate of drug-likeness (QED) is 0.314. The summed E-state index contributed by atoms with van der Waals surface area (Å²) >= 11 is 0. The number of hydrogen-bond donors (Lipinski definition) is 3. The van der Waals surface area contributed by atoms with Crippen molar-refractivity contribution in [3.8, 4) is 0 Å². The average molecular weight is 358 g/mol. The lowest BCUT2D eigenvalue weighted by Gasteiger charge is -2.29. The van der Waals surface area contributed by atoms with E-state index in [-0.39, 0.29) is 32.8 Å². The second-order valence-corrected chi connectivity index (χ2v) is 4.50. The van der Waals surface area contributed by atoms with E-state index < -0.39 is 36.4 Å². The molecule has 0 aromatic rings. The van der Waals surface area contributed by atoms with Crippen LogP contribution in [0.4, 0.5) is 26.3 Å². The van der Waals surface area contributed by atoms with Crippen molar-refractivity contribution in [3.63, 3.8) is 0 Å². The number of rotatable bonds is 9. The Morgan fingerprint density at radius 2 is 1.43 bits per heavy atom. The number of esters is 1. The van der Waals surface area contributed by atoms with E-state index in [9.17, 15) is 31.1 Å². The Labute approximate surface area is 126 Å². The van der Waals surface area contributed by atoms with Gasteiger partial charge in [0.05, 0.1) is 26.4 Å². The summed E-state index contributed by atoms with van der Waals surface area (Å²) in [4.78, 5) is 11.0. The molecule has 0 unspecified atom stereocenters. The fourth-order valence-electron chi connectivity index (χ4n) is 1.24. The second kappa shape index (κ2) is 8.66. The van der Waals surface area contributed by atoms with E-state index in [1.807, 2.05) is 0 Å². The van der Waals surface area contributed by atoms with Gasteiger partial charge in [-0.2, -0.15) is 26.3 Å². The maximum absolute atomic E-state index is 12.3. The first-order valence-corrected chi connectivity index (χ1v) is 6.24. The zero-order valence-electron chi connectivity index (χ0n) is 11.7. The maximum atomic E-state index is 12.3. The van der Waals surface area contributed by atoms with Crippen molar-refractivity contribution in [2.75, 3.05) is 33.0 Å². The summed E-state index contributed by atoms with van der Waals surface area (Å²) in [6, 6.07) is 0. The third kappa shape index (κ3) is 5.79. The number of hydrogen-bond acceptors (Lipinski definition) is 6. The summed E-state index contributed by atoms with van der Waals surface area (Å²) in [6.45, 7) is -1.92. The molecule has 0 bridgehead atoms. The number of carbonyl (C=O) groups is 1. The zero-order valence-corrected chi connectivity index (χ0v) is 11.7. The number of alkyl halides is 6. The van der Waals surface area contributed by atoms with Crippen molar-refractivity contribution in [1.29, 1.82) is 0 Å². The highest BCUT2D eigenvalue weighted by Gasteiger charge is 2.76. The monoisotopic (exact) mass is 358 g/mol. The lowest BCUT2D eigenvalue weighted by Crippen LogP contribution is -2.63. The topological polar surface area (TPSA) is 96.2 Å². The number of aliphatic hydroxyl groups excluding tert-OH is 2. The minimum absolute atomic E-state index is 0.101. The molecule has 0 atom stereocenters. The third-order valence-corrected chi connectivity index (χ3v) is 2.65. The van der Waals surface area contributed by atoms with E-state index >= 15 is 0 Å². The summed E-state index contributed by atoms with van der Waals surface area (Å²) in [7, 11) is 0. The summed E-state index contributed by atoms with van der Waals surface area (Å²) in [6.07, 6.45) is -12.8. The predicted molar refractivity (Wildman–Crippen MR) is 61.1 cm³/mol. The Morgan fingerprint density at radius 1 is 0.957 bits per heavy atom. The van der Waals surface area contributed by atoms with Crippen molar-refractivity contribution < 1.29 is 55.9 Å². The van der Waals surface area contributed by atoms with Crippen LogP contribution in [0.15, 0.2) is 0 Å². The average Bonchev–Trinajstić information content (AvgIpc) is 2.43. The predicted octanol–water partition coefficient (Wildman–Crippen LogP) is 0.393. The number of halogens is 6. The first-order valence-electron chi connectivity index (χ1n) is 6.24. The maximum Gasteiger partial charge on any atom is 0.437 e. The molecule has 0 aromatic heterocycles. The molecule has 23 heavy (non-hydrogen) atoms. The van der Waals surface area contributed by atoms with Gasteiger partial charge in [0.25, 0.3) is 0 Å². The van der Waals surface area contributed by atoms with Gasteiger partial charge >= 0.3 is 23.9 Å². The van der Waals surface area contributed by atoms with Crippen molar-refractivity contribution in [1.82, 2.24) is 0 Å². The van der Waals surface area contributed by atoms with E-state index in [2.05, 4.69) is 4.74 Å². The van der Waals surface area contributed by atoms with Gasteiger partial charge in [-0.1, -0.05) is 0 Å². The van der Waals surface area contributed by atoms with E-state index in [1.54, 1.807) is 0 Å². The molecule has 0 aromatic carbocycles. The molecule has 0 aliphatic carbocycles. The van der Waals surface area contributed by atoms with Crippen LogP contribution in [0.25, 0.3) is 0 Å². The van der Waals surface area contributed by atoms with Crippen LogP contribution in [-0.2, 0) is 14.3 Å². The van der Waals surface area contributed by atoms with Gasteiger partial charge < -0.3 is 24.8 Å². The highest BCUT2D eigenvalue weighted by atomic mass is 19.4. The number of ether oxygens (including phenoxy) is 2. The Kier molecular flexibility index (Phi) is 8.24. The van der Waals surface area contributed by atoms with Crippen LogP contribution in [0.2, 0.25) is 0 Å². The van der Waals surface area contributed by atoms with Crippen LogP contribution in [0.1, 0.15) is 6.42 Å². The Morgan fingerprint density at radius 3 is 1.83 bits per heavy atom. The standard InChI is InChI=1S/C11H16F6O6/c12-10(13,14)9(21,11(15,16)17)8(20)23-3-1-2-22-6-7(4-18)5-19/h7,18-19,21H,1-6H2. The minimum atomic E-state index is -6.28. The molecule has 0 rings (SSSR count). The summed E-state index contributed by atoms with van der Waals surface area (Å²) in [5.41, 5.74) is -5.60. The van der Waals surface area contributed by atoms with E-state index in [1.165, 1.54) is 0 Å². The van der Waals surface area contributed by atoms with Crippen molar-refractivity contribution in [2.45, 2.75) is 24.4 Å². The molecule has 3 N–H and O–H groups in total. The molecular weight excluding hydrogens is 342 g/mol. The first kappa shape index (κ1) is 21.9. The van der Waals surface area contributed by atoms with Gasteiger partial charge in [-0.15, -0.1) is 0 Å². The molecule has 0 aliphatic heterocycles. The molecule has 0 amide bonds. The molecule has 0 fully saturated rings. The molecule has 6 nitrogen and oxygen atoms in total. The highest BCUT2D eigenvalue weighted by molar-refractivity contribution is 5.81. The number of carbonyl (C=O) groups excluding carboxylic acids is 1. The van der Waals surface area contributed by atoms with Crippen LogP contribution < -0.4 is 0 Å². The van der Waals surface area contributed by atoms with Crippen LogP contribution in [-0.4, -0.2) is 72.3 Å². The van der Waals surface area contributed by atoms with E-state index in [0.717, 1.165) is 0 Å². The van der Waals surface area contributed by atoms with Gasteiger partial charge in [0.15, 0.2) is 0 Å². The summed E-state index contributed by atoms with van der Waals surface area (Å²) in [5, 5.41) is 26.1. The molecule has 0 aliphatic rings. The van der Waals surface area contributed by atoms with Gasteiger partial charge in [0.1, 0.15) is 0 Å². The minimum Gasteiger partial charge on any atom is -0.463 e. The highest BCUT2D eigenvalue weighted by Crippen LogP contribution is 2.43. The lowest BCUT2D eigenvalue weighted by molar-refractivity contribution is -0.357. The Hall–Kier alpha value is -1.11. The SMILES string of the molecule is O=C(OCCCOCC(CO)CO)C(O)(C(F)(F)F)C(F)(F)F. The van der Waals surface area contributed by atoms with E-state index in [4.69, 9.17) is 20.1 Å². The van der Waals surface area contributed by atoms with Gasteiger partial charge in [-0.25, -0.2) is 4.79 Å². The van der Waals surface area contributed by atoms with Crippen molar-refractivity contribution >= 4 is 5.97 Å². The molecule has 12 heteroatoms. The molecule has 0 saturated heterocycles. The van der Waals surface area contributed by atoms with Crippen LogP contribution in [0, 0.1) is 5.92 Å². The van der Waals surface area contributed by atoms with Gasteiger partial charge in [0.2, 0.25) is 0 Å². The van der Waals surface area contributed by atoms with Crippen LogP contribution in [0.3, 0.4) is 0 Å². The van der Waals surface area contributed by atoms with E-state index in [0.29, 0.717) is 0 Å². The first-order chi connectivity index (χ1) is 10.4. The largest absolute Gasteiger partial charge is 0.463 e. The molecule has 0 spiro atoms. The van der Waals surface area contributed by atoms with Gasteiger partial charge in [-0.3, -0.25) is 0 Å². The molecule has 0 heterocycles. The second-order valence-electron chi connectivity index (χ2n) is 4.50. The van der Waals surface area contributed by atoms with Gasteiger partial charge in [0, 0.05) is 18.9 Å². The Balaban J connectivity index is 4.37. The van der Waals surface area contributed by atoms with Crippen LogP contribution in [0.5, 0.6) is 0 Å².